The molecule has 1 aliphatic heterocycles. The quantitative estimate of drug-likeness (QED) is 0.692. The fraction of sp³-hybridized carbons (Fsp3) is 1.00. The van der Waals surface area contributed by atoms with Crippen molar-refractivity contribution in [3.8, 4) is 0 Å². The summed E-state index contributed by atoms with van der Waals surface area (Å²) in [4.78, 5) is 2.52. The minimum absolute atomic E-state index is 0.107. The largest absolute Gasteiger partial charge is 0.391 e. The minimum Gasteiger partial charge on any atom is -0.391 e. The number of aliphatic hydroxyl groups is 2. The first-order valence-electron chi connectivity index (χ1n) is 7.87. The summed E-state index contributed by atoms with van der Waals surface area (Å²) in [5.41, 5.74) is 0. The zero-order valence-electron chi connectivity index (χ0n) is 11.0. The summed E-state index contributed by atoms with van der Waals surface area (Å²) in [6, 6.07) is 0.711. The van der Waals surface area contributed by atoms with Crippen LogP contribution in [0.2, 0.25) is 0 Å². The fourth-order valence-electron chi connectivity index (χ4n) is 5.49. The van der Waals surface area contributed by atoms with E-state index in [1.807, 2.05) is 0 Å². The molecule has 7 unspecified atom stereocenters. The van der Waals surface area contributed by atoms with Crippen LogP contribution < -0.4 is 0 Å². The van der Waals surface area contributed by atoms with Gasteiger partial charge < -0.3 is 10.2 Å². The second-order valence-electron chi connectivity index (χ2n) is 7.11. The van der Waals surface area contributed by atoms with Crippen molar-refractivity contribution in [2.75, 3.05) is 6.54 Å². The van der Waals surface area contributed by atoms with Crippen molar-refractivity contribution >= 4 is 0 Å². The van der Waals surface area contributed by atoms with Gasteiger partial charge in [0.2, 0.25) is 0 Å². The zero-order valence-corrected chi connectivity index (χ0v) is 11.0. The van der Waals surface area contributed by atoms with Crippen molar-refractivity contribution in [2.24, 2.45) is 17.8 Å². The van der Waals surface area contributed by atoms with Crippen molar-refractivity contribution < 1.29 is 10.2 Å². The highest BCUT2D eigenvalue weighted by Crippen LogP contribution is 2.55. The normalized spacial score (nSPS) is 56.0. The van der Waals surface area contributed by atoms with E-state index < -0.39 is 0 Å². The molecule has 18 heavy (non-hydrogen) atoms. The third-order valence-electron chi connectivity index (χ3n) is 6.26. The first-order chi connectivity index (χ1) is 8.75. The van der Waals surface area contributed by atoms with Crippen molar-refractivity contribution in [2.45, 2.75) is 69.2 Å². The highest BCUT2D eigenvalue weighted by molar-refractivity contribution is 5.12. The average molecular weight is 251 g/mol. The molecule has 3 saturated carbocycles. The van der Waals surface area contributed by atoms with E-state index in [-0.39, 0.29) is 12.2 Å². The Morgan fingerprint density at radius 2 is 1.72 bits per heavy atom. The number of likely N-dealkylation sites (tertiary alicyclic amines) is 1. The molecule has 4 rings (SSSR count). The number of hydrogen-bond acceptors (Lipinski definition) is 3. The van der Waals surface area contributed by atoms with E-state index in [9.17, 15) is 10.2 Å². The van der Waals surface area contributed by atoms with Gasteiger partial charge >= 0.3 is 0 Å². The van der Waals surface area contributed by atoms with Gasteiger partial charge in [-0.2, -0.15) is 0 Å². The van der Waals surface area contributed by atoms with Gasteiger partial charge in [-0.1, -0.05) is 19.3 Å². The fourth-order valence-corrected chi connectivity index (χ4v) is 5.49. The van der Waals surface area contributed by atoms with Gasteiger partial charge in [0, 0.05) is 18.6 Å². The summed E-state index contributed by atoms with van der Waals surface area (Å²) in [6.45, 7) is 1.14. The molecule has 4 aliphatic rings. The Bertz CT molecular complexity index is 332. The lowest BCUT2D eigenvalue weighted by atomic mass is 9.88. The highest BCUT2D eigenvalue weighted by atomic mass is 16.3. The molecule has 3 heteroatoms. The Kier molecular flexibility index (Phi) is 2.72. The van der Waals surface area contributed by atoms with Gasteiger partial charge in [-0.3, -0.25) is 4.90 Å². The summed E-state index contributed by atoms with van der Waals surface area (Å²) in [5.74, 6) is 2.12. The summed E-state index contributed by atoms with van der Waals surface area (Å²) in [6.07, 6.45) is 8.01. The second-order valence-corrected chi connectivity index (χ2v) is 7.11. The lowest BCUT2D eigenvalue weighted by molar-refractivity contribution is -0.00749. The number of fused-ring (bicyclic) bond motifs is 1. The van der Waals surface area contributed by atoms with Crippen molar-refractivity contribution in [3.63, 3.8) is 0 Å². The van der Waals surface area contributed by atoms with Crippen LogP contribution in [0.1, 0.15) is 44.9 Å². The molecule has 0 aromatic heterocycles. The van der Waals surface area contributed by atoms with Gasteiger partial charge in [0.1, 0.15) is 0 Å². The molecule has 102 valence electrons. The predicted molar refractivity (Wildman–Crippen MR) is 69.1 cm³/mol. The van der Waals surface area contributed by atoms with Crippen LogP contribution >= 0.6 is 0 Å². The van der Waals surface area contributed by atoms with Gasteiger partial charge in [-0.15, -0.1) is 0 Å². The van der Waals surface area contributed by atoms with Crippen LogP contribution in [0.3, 0.4) is 0 Å². The van der Waals surface area contributed by atoms with Crippen LogP contribution in [0, 0.1) is 17.8 Å². The van der Waals surface area contributed by atoms with Crippen LogP contribution in [-0.4, -0.2) is 45.9 Å². The van der Waals surface area contributed by atoms with E-state index in [2.05, 4.69) is 4.90 Å². The van der Waals surface area contributed by atoms with E-state index in [1.54, 1.807) is 0 Å². The summed E-state index contributed by atoms with van der Waals surface area (Å²) in [5, 5.41) is 20.8. The van der Waals surface area contributed by atoms with Crippen molar-refractivity contribution in [1.82, 2.24) is 4.90 Å². The number of aliphatic hydroxyl groups excluding tert-OH is 2. The van der Waals surface area contributed by atoms with Gasteiger partial charge in [0.25, 0.3) is 0 Å². The molecule has 0 aromatic carbocycles. The molecule has 0 spiro atoms. The maximum atomic E-state index is 10.4. The Hall–Kier alpha value is -0.120. The first kappa shape index (κ1) is 11.7. The molecular formula is C15H25NO2. The standard InChI is InChI=1S/C15H25NO2/c17-13-5-3-1-2-4-12(13)16-8-10-6-9-7-11(10)14(16)15(9)18/h9-15,17-18H,1-8H2. The summed E-state index contributed by atoms with van der Waals surface area (Å²) < 4.78 is 0. The Morgan fingerprint density at radius 1 is 0.889 bits per heavy atom. The molecule has 3 aliphatic carbocycles. The van der Waals surface area contributed by atoms with Gasteiger partial charge in [0.05, 0.1) is 12.2 Å². The second kappa shape index (κ2) is 4.19. The maximum Gasteiger partial charge on any atom is 0.0726 e. The van der Waals surface area contributed by atoms with Crippen LogP contribution in [0.5, 0.6) is 0 Å². The van der Waals surface area contributed by atoms with E-state index in [0.717, 1.165) is 31.2 Å². The molecule has 0 amide bonds. The van der Waals surface area contributed by atoms with Crippen LogP contribution in [0.15, 0.2) is 0 Å². The number of rotatable bonds is 1. The molecule has 0 radical (unpaired) electrons. The van der Waals surface area contributed by atoms with Crippen molar-refractivity contribution in [1.29, 1.82) is 0 Å². The van der Waals surface area contributed by atoms with E-state index in [4.69, 9.17) is 0 Å². The van der Waals surface area contributed by atoms with E-state index in [1.165, 1.54) is 32.1 Å². The van der Waals surface area contributed by atoms with Crippen molar-refractivity contribution in [3.05, 3.63) is 0 Å². The summed E-state index contributed by atoms with van der Waals surface area (Å²) >= 11 is 0. The topological polar surface area (TPSA) is 43.7 Å². The SMILES string of the molecule is OC1CCCCCC1N1CC2CC3CC2C1C3O. The lowest BCUT2D eigenvalue weighted by Gasteiger charge is -2.37. The molecule has 1 saturated heterocycles. The predicted octanol–water partition coefficient (Wildman–Crippen LogP) is 1.38. The van der Waals surface area contributed by atoms with Gasteiger partial charge in [0.15, 0.2) is 0 Å². The molecule has 2 N–H and O–H groups in total. The Balaban J connectivity index is 1.58. The van der Waals surface area contributed by atoms with Crippen LogP contribution in [0.25, 0.3) is 0 Å². The minimum atomic E-state index is -0.156. The summed E-state index contributed by atoms with van der Waals surface area (Å²) in [7, 11) is 0. The van der Waals surface area contributed by atoms with Crippen LogP contribution in [0.4, 0.5) is 0 Å². The first-order valence-corrected chi connectivity index (χ1v) is 7.87. The number of hydrogen-bond donors (Lipinski definition) is 2. The van der Waals surface area contributed by atoms with Gasteiger partial charge in [-0.25, -0.2) is 0 Å². The Labute approximate surface area is 109 Å². The zero-order chi connectivity index (χ0) is 12.3. The smallest absolute Gasteiger partial charge is 0.0726 e. The molecule has 0 aromatic rings. The van der Waals surface area contributed by atoms with E-state index in [0.29, 0.717) is 18.0 Å². The van der Waals surface area contributed by atoms with Crippen LogP contribution in [-0.2, 0) is 0 Å². The highest BCUT2D eigenvalue weighted by Gasteiger charge is 2.60. The lowest BCUT2D eigenvalue weighted by Crippen LogP contribution is -2.50. The third-order valence-corrected chi connectivity index (χ3v) is 6.26. The van der Waals surface area contributed by atoms with E-state index >= 15 is 0 Å². The average Bonchev–Trinajstić information content (AvgIpc) is 2.89. The maximum absolute atomic E-state index is 10.4. The molecule has 3 nitrogen and oxygen atoms in total. The third kappa shape index (κ3) is 1.53. The molecule has 7 atom stereocenters. The number of nitrogens with zero attached hydrogens (tertiary/aromatic N) is 1. The molecular weight excluding hydrogens is 226 g/mol. The van der Waals surface area contributed by atoms with Gasteiger partial charge in [-0.05, 0) is 43.4 Å². The molecule has 4 fully saturated rings. The molecule has 2 bridgehead atoms. The molecule has 1 heterocycles. The monoisotopic (exact) mass is 251 g/mol. The Morgan fingerprint density at radius 3 is 2.56 bits per heavy atom.